The number of nitrogens with zero attached hydrogens (tertiary/aromatic N) is 1. The zero-order chi connectivity index (χ0) is 18.9. The number of carbonyl (C=O) groups excluding carboxylic acids is 1. The third kappa shape index (κ3) is 4.16. The number of anilines is 1. The third-order valence-electron chi connectivity index (χ3n) is 4.53. The van der Waals surface area contributed by atoms with Crippen molar-refractivity contribution in [2.24, 2.45) is 0 Å². The van der Waals surface area contributed by atoms with Crippen molar-refractivity contribution in [3.05, 3.63) is 59.2 Å². The molecule has 0 N–H and O–H groups in total. The van der Waals surface area contributed by atoms with E-state index in [-0.39, 0.29) is 5.97 Å². The Morgan fingerprint density at radius 1 is 1.04 bits per heavy atom. The summed E-state index contributed by atoms with van der Waals surface area (Å²) in [6.45, 7) is 8.58. The van der Waals surface area contributed by atoms with E-state index in [0.717, 1.165) is 28.9 Å². The van der Waals surface area contributed by atoms with E-state index in [2.05, 4.69) is 61.3 Å². The minimum absolute atomic E-state index is 0.223. The number of fused-ring (bicyclic) bond motifs is 1. The van der Waals surface area contributed by atoms with E-state index in [0.29, 0.717) is 6.42 Å². The molecule has 0 aromatic heterocycles. The molecule has 26 heavy (non-hydrogen) atoms. The van der Waals surface area contributed by atoms with Crippen LogP contribution in [0.15, 0.2) is 48.0 Å². The second kappa shape index (κ2) is 6.99. The molecule has 2 aromatic rings. The van der Waals surface area contributed by atoms with Crippen molar-refractivity contribution in [3.8, 4) is 11.1 Å². The van der Waals surface area contributed by atoms with Crippen LogP contribution in [-0.4, -0.2) is 25.2 Å². The van der Waals surface area contributed by atoms with Gasteiger partial charge in [0.1, 0.15) is 5.60 Å². The summed E-state index contributed by atoms with van der Waals surface area (Å²) >= 11 is 0. The van der Waals surface area contributed by atoms with Gasteiger partial charge in [-0.2, -0.15) is 0 Å². The highest BCUT2D eigenvalue weighted by atomic mass is 16.6. The van der Waals surface area contributed by atoms with Crippen LogP contribution in [0.25, 0.3) is 17.2 Å². The van der Waals surface area contributed by atoms with Crippen molar-refractivity contribution in [1.29, 1.82) is 0 Å². The molecule has 1 aliphatic heterocycles. The fourth-order valence-corrected chi connectivity index (χ4v) is 3.12. The maximum absolute atomic E-state index is 12.6. The van der Waals surface area contributed by atoms with Crippen molar-refractivity contribution < 1.29 is 9.53 Å². The van der Waals surface area contributed by atoms with Crippen LogP contribution in [0.3, 0.4) is 0 Å². The Morgan fingerprint density at radius 3 is 2.35 bits per heavy atom. The standard InChI is InChI=1S/C23H27NO2/c1-16-6-8-17(9-7-16)18-10-11-21-20(14-18)15-19(12-13-24(21)5)22(25)26-23(2,3)4/h6-11,14-15H,12-13H2,1-5H3. The highest BCUT2D eigenvalue weighted by Crippen LogP contribution is 2.32. The molecule has 0 saturated heterocycles. The monoisotopic (exact) mass is 349 g/mol. The van der Waals surface area contributed by atoms with Gasteiger partial charge in [-0.05, 0) is 69.0 Å². The lowest BCUT2D eigenvalue weighted by Gasteiger charge is -2.21. The fraction of sp³-hybridized carbons (Fsp3) is 0.348. The molecule has 0 saturated carbocycles. The Hall–Kier alpha value is -2.55. The molecule has 0 bridgehead atoms. The second-order valence-electron chi connectivity index (χ2n) is 7.98. The third-order valence-corrected chi connectivity index (χ3v) is 4.53. The quantitative estimate of drug-likeness (QED) is 0.696. The number of hydrogen-bond acceptors (Lipinski definition) is 3. The highest BCUT2D eigenvalue weighted by Gasteiger charge is 2.23. The Kier molecular flexibility index (Phi) is 4.90. The van der Waals surface area contributed by atoms with Gasteiger partial charge in [0.15, 0.2) is 0 Å². The van der Waals surface area contributed by atoms with E-state index in [9.17, 15) is 4.79 Å². The van der Waals surface area contributed by atoms with Crippen LogP contribution in [0.4, 0.5) is 5.69 Å². The molecule has 0 atom stereocenters. The number of hydrogen-bond donors (Lipinski definition) is 0. The number of ether oxygens (including phenoxy) is 1. The van der Waals surface area contributed by atoms with Crippen molar-refractivity contribution >= 4 is 17.7 Å². The molecule has 0 aliphatic carbocycles. The molecule has 0 unspecified atom stereocenters. The van der Waals surface area contributed by atoms with Gasteiger partial charge >= 0.3 is 5.97 Å². The molecule has 0 fully saturated rings. The first-order valence-electron chi connectivity index (χ1n) is 9.09. The van der Waals surface area contributed by atoms with Crippen LogP contribution in [0.1, 0.15) is 38.3 Å². The van der Waals surface area contributed by atoms with Crippen molar-refractivity contribution in [2.75, 3.05) is 18.5 Å². The maximum atomic E-state index is 12.6. The molecular formula is C23H27NO2. The number of esters is 1. The predicted molar refractivity (Wildman–Crippen MR) is 108 cm³/mol. The first-order valence-corrected chi connectivity index (χ1v) is 9.09. The molecule has 3 rings (SSSR count). The minimum atomic E-state index is -0.483. The SMILES string of the molecule is Cc1ccc(-c2ccc3c(c2)C=C(C(=O)OC(C)(C)C)CCN3C)cc1. The molecule has 3 nitrogen and oxygen atoms in total. The summed E-state index contributed by atoms with van der Waals surface area (Å²) in [6, 6.07) is 15.0. The topological polar surface area (TPSA) is 29.5 Å². The normalized spacial score (nSPS) is 14.3. The van der Waals surface area contributed by atoms with Crippen LogP contribution in [-0.2, 0) is 9.53 Å². The Morgan fingerprint density at radius 2 is 1.69 bits per heavy atom. The van der Waals surface area contributed by atoms with E-state index >= 15 is 0 Å². The summed E-state index contributed by atoms with van der Waals surface area (Å²) in [4.78, 5) is 14.8. The summed E-state index contributed by atoms with van der Waals surface area (Å²) in [5.74, 6) is -0.223. The zero-order valence-electron chi connectivity index (χ0n) is 16.3. The van der Waals surface area contributed by atoms with Gasteiger partial charge < -0.3 is 9.64 Å². The van der Waals surface area contributed by atoms with Gasteiger partial charge in [0.05, 0.1) is 0 Å². The van der Waals surface area contributed by atoms with Crippen molar-refractivity contribution in [3.63, 3.8) is 0 Å². The van der Waals surface area contributed by atoms with E-state index in [1.165, 1.54) is 11.1 Å². The van der Waals surface area contributed by atoms with Gasteiger partial charge in [0.2, 0.25) is 0 Å². The van der Waals surface area contributed by atoms with Gasteiger partial charge in [0.25, 0.3) is 0 Å². The highest BCUT2D eigenvalue weighted by molar-refractivity contribution is 5.96. The Balaban J connectivity index is 2.00. The molecule has 3 heteroatoms. The van der Waals surface area contributed by atoms with E-state index in [1.54, 1.807) is 0 Å². The van der Waals surface area contributed by atoms with Crippen LogP contribution < -0.4 is 4.90 Å². The molecule has 0 spiro atoms. The molecular weight excluding hydrogens is 322 g/mol. The molecule has 1 aliphatic rings. The van der Waals surface area contributed by atoms with Crippen LogP contribution in [0.2, 0.25) is 0 Å². The molecule has 1 heterocycles. The first-order chi connectivity index (χ1) is 12.2. The summed E-state index contributed by atoms with van der Waals surface area (Å²) < 4.78 is 5.59. The maximum Gasteiger partial charge on any atom is 0.334 e. The Labute approximate surface area is 156 Å². The van der Waals surface area contributed by atoms with Crippen molar-refractivity contribution in [1.82, 2.24) is 0 Å². The Bertz CT molecular complexity index is 842. The largest absolute Gasteiger partial charge is 0.457 e. The van der Waals surface area contributed by atoms with Crippen molar-refractivity contribution in [2.45, 2.75) is 39.7 Å². The van der Waals surface area contributed by atoms with Crippen LogP contribution >= 0.6 is 0 Å². The number of carbonyl (C=O) groups is 1. The molecule has 136 valence electrons. The first kappa shape index (κ1) is 18.2. The average molecular weight is 349 g/mol. The van der Waals surface area contributed by atoms with E-state index in [1.807, 2.05) is 26.8 Å². The predicted octanol–water partition coefficient (Wildman–Crippen LogP) is 5.23. The molecule has 2 aromatic carbocycles. The van der Waals surface area contributed by atoms with Crippen LogP contribution in [0, 0.1) is 6.92 Å². The second-order valence-corrected chi connectivity index (χ2v) is 7.98. The summed E-state index contributed by atoms with van der Waals surface area (Å²) in [7, 11) is 2.07. The average Bonchev–Trinajstić information content (AvgIpc) is 2.73. The number of benzene rings is 2. The fourth-order valence-electron chi connectivity index (χ4n) is 3.12. The minimum Gasteiger partial charge on any atom is -0.457 e. The number of aryl methyl sites for hydroxylation is 1. The van der Waals surface area contributed by atoms with Gasteiger partial charge in [-0.15, -0.1) is 0 Å². The van der Waals surface area contributed by atoms with Gasteiger partial charge in [0, 0.05) is 24.9 Å². The number of rotatable bonds is 2. The smallest absolute Gasteiger partial charge is 0.334 e. The lowest BCUT2D eigenvalue weighted by molar-refractivity contribution is -0.149. The molecule has 0 amide bonds. The van der Waals surface area contributed by atoms with E-state index < -0.39 is 5.60 Å². The van der Waals surface area contributed by atoms with Gasteiger partial charge in [-0.3, -0.25) is 0 Å². The van der Waals surface area contributed by atoms with Gasteiger partial charge in [-0.1, -0.05) is 35.9 Å². The summed E-state index contributed by atoms with van der Waals surface area (Å²) in [6.07, 6.45) is 2.67. The lowest BCUT2D eigenvalue weighted by atomic mass is 9.99. The molecule has 0 radical (unpaired) electrons. The van der Waals surface area contributed by atoms with Gasteiger partial charge in [-0.25, -0.2) is 4.79 Å². The van der Waals surface area contributed by atoms with E-state index in [4.69, 9.17) is 4.74 Å². The zero-order valence-corrected chi connectivity index (χ0v) is 16.3. The lowest BCUT2D eigenvalue weighted by Crippen LogP contribution is -2.26. The van der Waals surface area contributed by atoms with Crippen LogP contribution in [0.5, 0.6) is 0 Å². The summed E-state index contributed by atoms with van der Waals surface area (Å²) in [5, 5.41) is 0. The summed E-state index contributed by atoms with van der Waals surface area (Å²) in [5.41, 5.74) is 6.02.